The summed E-state index contributed by atoms with van der Waals surface area (Å²) in [4.78, 5) is 0. The lowest BCUT2D eigenvalue weighted by Gasteiger charge is -2.31. The zero-order chi connectivity index (χ0) is 33.3. The summed E-state index contributed by atoms with van der Waals surface area (Å²) >= 11 is 0. The van der Waals surface area contributed by atoms with Crippen molar-refractivity contribution in [2.45, 2.75) is 5.41 Å². The maximum Gasteiger partial charge on any atom is 0.0726 e. The van der Waals surface area contributed by atoms with E-state index < -0.39 is 5.41 Å². The molecule has 1 unspecified atom stereocenters. The number of hydrogen-bond acceptors (Lipinski definition) is 0. The van der Waals surface area contributed by atoms with Crippen molar-refractivity contribution in [1.29, 1.82) is 0 Å². The molecule has 2 nitrogen and oxygen atoms in total. The summed E-state index contributed by atoms with van der Waals surface area (Å²) in [6, 6.07) is 67.8. The number of nitrogens with zero attached hydrogens (tertiary/aromatic N) is 2. The maximum absolute atomic E-state index is 2.49. The molecular formula is C49H30N2. The van der Waals surface area contributed by atoms with Gasteiger partial charge in [-0.25, -0.2) is 0 Å². The van der Waals surface area contributed by atoms with Gasteiger partial charge in [0.05, 0.1) is 27.5 Å². The van der Waals surface area contributed by atoms with Gasteiger partial charge in [0, 0.05) is 32.9 Å². The van der Waals surface area contributed by atoms with Crippen LogP contribution < -0.4 is 0 Å². The minimum atomic E-state index is -0.439. The molecule has 236 valence electrons. The molecule has 51 heavy (non-hydrogen) atoms. The monoisotopic (exact) mass is 646 g/mol. The van der Waals surface area contributed by atoms with E-state index in [2.05, 4.69) is 191 Å². The van der Waals surface area contributed by atoms with Crippen molar-refractivity contribution in [3.63, 3.8) is 0 Å². The van der Waals surface area contributed by atoms with Gasteiger partial charge in [-0.2, -0.15) is 0 Å². The first-order valence-corrected chi connectivity index (χ1v) is 17.8. The standard InChI is InChI=1S/C49H30N2/c1-7-19-41-33(13-1)35-27-25-32(51-47-23-11-5-17-38(47)39-18-6-12-24-48(39)51)30-44(35)49(41)42-20-8-2-14-34(42)40-29-31(26-28-43(40)49)50-45-21-9-3-15-36(45)37-16-4-10-22-46(37)50/h1-30H. The minimum Gasteiger partial charge on any atom is -0.309 e. The molecule has 10 aromatic rings. The van der Waals surface area contributed by atoms with Crippen LogP contribution in [0.25, 0.3) is 77.2 Å². The summed E-state index contributed by atoms with van der Waals surface area (Å²) in [6.07, 6.45) is 0. The van der Waals surface area contributed by atoms with Crippen LogP contribution in [-0.4, -0.2) is 9.13 Å². The van der Waals surface area contributed by atoms with Crippen LogP contribution in [0.2, 0.25) is 0 Å². The van der Waals surface area contributed by atoms with Crippen LogP contribution >= 0.6 is 0 Å². The molecule has 2 heterocycles. The molecule has 0 aliphatic heterocycles. The van der Waals surface area contributed by atoms with Gasteiger partial charge in [0.1, 0.15) is 0 Å². The Balaban J connectivity index is 1.16. The van der Waals surface area contributed by atoms with Gasteiger partial charge < -0.3 is 9.13 Å². The number of para-hydroxylation sites is 4. The topological polar surface area (TPSA) is 9.86 Å². The number of aromatic nitrogens is 2. The largest absolute Gasteiger partial charge is 0.309 e. The molecule has 0 radical (unpaired) electrons. The molecule has 2 heteroatoms. The smallest absolute Gasteiger partial charge is 0.0726 e. The van der Waals surface area contributed by atoms with Gasteiger partial charge in [-0.3, -0.25) is 0 Å². The summed E-state index contributed by atoms with van der Waals surface area (Å²) in [5.74, 6) is 0. The van der Waals surface area contributed by atoms with Gasteiger partial charge in [-0.05, 0) is 93.0 Å². The zero-order valence-corrected chi connectivity index (χ0v) is 27.7. The summed E-state index contributed by atoms with van der Waals surface area (Å²) in [5, 5.41) is 5.12. The van der Waals surface area contributed by atoms with Crippen molar-refractivity contribution in [2.75, 3.05) is 0 Å². The Labute approximate surface area is 295 Å². The zero-order valence-electron chi connectivity index (χ0n) is 27.7. The molecule has 12 rings (SSSR count). The Morgan fingerprint density at radius 2 is 0.647 bits per heavy atom. The summed E-state index contributed by atoms with van der Waals surface area (Å²) in [7, 11) is 0. The lowest BCUT2D eigenvalue weighted by atomic mass is 9.70. The van der Waals surface area contributed by atoms with Crippen LogP contribution in [0.1, 0.15) is 22.3 Å². The lowest BCUT2D eigenvalue weighted by molar-refractivity contribution is 0.792. The molecule has 0 saturated carbocycles. The van der Waals surface area contributed by atoms with Crippen LogP contribution in [0.5, 0.6) is 0 Å². The Hall–Kier alpha value is -6.64. The SMILES string of the molecule is c1ccc2c(c1)-c1cc(-n3c4ccccc4c4ccccc43)ccc1C21c2ccccc2-c2ccc(-n3c4ccccc4c4ccccc43)cc21. The van der Waals surface area contributed by atoms with Crippen LogP contribution in [0.15, 0.2) is 182 Å². The van der Waals surface area contributed by atoms with E-state index in [1.165, 1.54) is 99.5 Å². The number of fused-ring (bicyclic) bond motifs is 16. The van der Waals surface area contributed by atoms with E-state index >= 15 is 0 Å². The van der Waals surface area contributed by atoms with E-state index in [4.69, 9.17) is 0 Å². The molecule has 1 spiro atoms. The molecule has 1 atom stereocenters. The second kappa shape index (κ2) is 9.74. The first-order valence-electron chi connectivity index (χ1n) is 17.8. The fraction of sp³-hybridized carbons (Fsp3) is 0.0204. The number of benzene rings is 8. The Bertz CT molecular complexity index is 2990. The highest BCUT2D eigenvalue weighted by Gasteiger charge is 2.51. The highest BCUT2D eigenvalue weighted by molar-refractivity contribution is 6.10. The van der Waals surface area contributed by atoms with E-state index in [-0.39, 0.29) is 0 Å². The number of rotatable bonds is 2. The summed E-state index contributed by atoms with van der Waals surface area (Å²) < 4.78 is 4.89. The third kappa shape index (κ3) is 3.32. The normalized spacial score (nSPS) is 15.5. The van der Waals surface area contributed by atoms with E-state index in [1.807, 2.05) is 0 Å². The fourth-order valence-electron chi connectivity index (χ4n) is 9.80. The minimum absolute atomic E-state index is 0.439. The maximum atomic E-state index is 2.49. The van der Waals surface area contributed by atoms with E-state index in [1.54, 1.807) is 0 Å². The third-order valence-corrected chi connectivity index (χ3v) is 11.7. The van der Waals surface area contributed by atoms with Crippen LogP contribution in [0, 0.1) is 0 Å². The van der Waals surface area contributed by atoms with Gasteiger partial charge in [0.25, 0.3) is 0 Å². The summed E-state index contributed by atoms with van der Waals surface area (Å²) in [5.41, 5.74) is 17.5. The highest BCUT2D eigenvalue weighted by atomic mass is 15.0. The first kappa shape index (κ1) is 27.2. The van der Waals surface area contributed by atoms with Gasteiger partial charge in [-0.1, -0.05) is 133 Å². The van der Waals surface area contributed by atoms with Crippen molar-refractivity contribution in [3.05, 3.63) is 204 Å². The van der Waals surface area contributed by atoms with Crippen molar-refractivity contribution >= 4 is 43.6 Å². The number of hydrogen-bond donors (Lipinski definition) is 0. The van der Waals surface area contributed by atoms with Crippen molar-refractivity contribution in [2.24, 2.45) is 0 Å². The quantitative estimate of drug-likeness (QED) is 0.177. The Morgan fingerprint density at radius 3 is 1.18 bits per heavy atom. The first-order chi connectivity index (χ1) is 25.3. The predicted octanol–water partition coefficient (Wildman–Crippen LogP) is 12.2. The van der Waals surface area contributed by atoms with Gasteiger partial charge in [-0.15, -0.1) is 0 Å². The van der Waals surface area contributed by atoms with E-state index in [9.17, 15) is 0 Å². The molecule has 2 aliphatic rings. The molecule has 2 aliphatic carbocycles. The molecule has 8 aromatic carbocycles. The Morgan fingerprint density at radius 1 is 0.275 bits per heavy atom. The molecular weight excluding hydrogens is 617 g/mol. The van der Waals surface area contributed by atoms with Crippen LogP contribution in [0.4, 0.5) is 0 Å². The lowest BCUT2D eigenvalue weighted by Crippen LogP contribution is -2.26. The second-order valence-electron chi connectivity index (χ2n) is 14.0. The third-order valence-electron chi connectivity index (χ3n) is 11.7. The van der Waals surface area contributed by atoms with Gasteiger partial charge >= 0.3 is 0 Å². The molecule has 0 fully saturated rings. The van der Waals surface area contributed by atoms with E-state index in [0.717, 1.165) is 0 Å². The van der Waals surface area contributed by atoms with Gasteiger partial charge in [0.15, 0.2) is 0 Å². The second-order valence-corrected chi connectivity index (χ2v) is 14.0. The molecule has 0 N–H and O–H groups in total. The fourth-order valence-corrected chi connectivity index (χ4v) is 9.80. The van der Waals surface area contributed by atoms with Gasteiger partial charge in [0.2, 0.25) is 0 Å². The van der Waals surface area contributed by atoms with Crippen molar-refractivity contribution in [3.8, 4) is 33.6 Å². The van der Waals surface area contributed by atoms with Crippen LogP contribution in [0.3, 0.4) is 0 Å². The molecule has 2 aromatic heterocycles. The Kier molecular flexibility index (Phi) is 5.20. The van der Waals surface area contributed by atoms with Crippen molar-refractivity contribution < 1.29 is 0 Å². The molecule has 0 amide bonds. The van der Waals surface area contributed by atoms with Crippen LogP contribution in [-0.2, 0) is 5.41 Å². The predicted molar refractivity (Wildman–Crippen MR) is 211 cm³/mol. The highest BCUT2D eigenvalue weighted by Crippen LogP contribution is 2.63. The van der Waals surface area contributed by atoms with E-state index in [0.29, 0.717) is 0 Å². The molecule has 0 saturated heterocycles. The average Bonchev–Trinajstić information content (AvgIpc) is 3.90. The summed E-state index contributed by atoms with van der Waals surface area (Å²) in [6.45, 7) is 0. The molecule has 0 bridgehead atoms. The van der Waals surface area contributed by atoms with Crippen molar-refractivity contribution in [1.82, 2.24) is 9.13 Å². The average molecular weight is 647 g/mol.